The molecule has 1 heterocycles. The third-order valence-electron chi connectivity index (χ3n) is 4.53. The summed E-state index contributed by atoms with van der Waals surface area (Å²) in [5.74, 6) is 0.728. The highest BCUT2D eigenvalue weighted by atomic mass is 16.3. The fourth-order valence-corrected chi connectivity index (χ4v) is 2.65. The number of allylic oxidation sites excluding steroid dienone is 3. The van der Waals surface area contributed by atoms with Crippen LogP contribution in [0, 0.1) is 17.3 Å². The number of hydrogen-bond acceptors (Lipinski definition) is 2. The van der Waals surface area contributed by atoms with Crippen LogP contribution in [0.2, 0.25) is 0 Å². The molecule has 3 unspecified atom stereocenters. The van der Waals surface area contributed by atoms with E-state index in [1.807, 2.05) is 6.92 Å². The highest BCUT2D eigenvalue weighted by molar-refractivity contribution is 5.34. The molecule has 0 aromatic heterocycles. The molecule has 0 aliphatic carbocycles. The van der Waals surface area contributed by atoms with Gasteiger partial charge in [-0.25, -0.2) is 0 Å². The van der Waals surface area contributed by atoms with Crippen LogP contribution in [0.1, 0.15) is 61.3 Å². The first kappa shape index (κ1) is 16.3. The summed E-state index contributed by atoms with van der Waals surface area (Å²) in [6.07, 6.45) is 6.39. The standard InChI is InChI=1S/C17H31NO/c1-8-9-10-14-13(3)18-17(7,19)15(14)11-12(2)16(4,5)6/h9-10,12,15,18-19H,8,11H2,1-7H3/b10-9-. The Morgan fingerprint density at radius 1 is 1.42 bits per heavy atom. The molecule has 0 radical (unpaired) electrons. The first-order chi connectivity index (χ1) is 8.59. The van der Waals surface area contributed by atoms with E-state index < -0.39 is 5.72 Å². The third kappa shape index (κ3) is 3.85. The maximum absolute atomic E-state index is 10.6. The first-order valence-corrected chi connectivity index (χ1v) is 7.47. The Kier molecular flexibility index (Phi) is 4.89. The number of rotatable bonds is 4. The van der Waals surface area contributed by atoms with Crippen LogP contribution in [0.4, 0.5) is 0 Å². The van der Waals surface area contributed by atoms with Crippen molar-refractivity contribution in [1.82, 2.24) is 5.32 Å². The molecule has 1 rings (SSSR count). The van der Waals surface area contributed by atoms with Gasteiger partial charge < -0.3 is 10.4 Å². The monoisotopic (exact) mass is 265 g/mol. The highest BCUT2D eigenvalue weighted by Crippen LogP contribution is 2.41. The lowest BCUT2D eigenvalue weighted by molar-refractivity contribution is -0.00878. The zero-order chi connectivity index (χ0) is 14.8. The van der Waals surface area contributed by atoms with E-state index in [9.17, 15) is 5.11 Å². The van der Waals surface area contributed by atoms with Gasteiger partial charge in [-0.3, -0.25) is 0 Å². The van der Waals surface area contributed by atoms with Crippen molar-refractivity contribution in [3.63, 3.8) is 0 Å². The minimum Gasteiger partial charge on any atom is -0.371 e. The lowest BCUT2D eigenvalue weighted by Gasteiger charge is -2.34. The van der Waals surface area contributed by atoms with E-state index in [2.05, 4.69) is 59.0 Å². The van der Waals surface area contributed by atoms with Gasteiger partial charge in [-0.2, -0.15) is 0 Å². The van der Waals surface area contributed by atoms with E-state index in [-0.39, 0.29) is 11.3 Å². The SMILES string of the molecule is CC/C=C\C1=C(C)NC(C)(O)C1CC(C)C(C)(C)C. The van der Waals surface area contributed by atoms with Crippen LogP contribution in [-0.2, 0) is 0 Å². The molecule has 2 heteroatoms. The van der Waals surface area contributed by atoms with E-state index in [0.717, 1.165) is 18.5 Å². The van der Waals surface area contributed by atoms with Crippen LogP contribution in [0.3, 0.4) is 0 Å². The van der Waals surface area contributed by atoms with E-state index in [1.54, 1.807) is 0 Å². The van der Waals surface area contributed by atoms with Gasteiger partial charge in [0.05, 0.1) is 0 Å². The molecule has 0 spiro atoms. The molecular formula is C17H31NO. The summed E-state index contributed by atoms with van der Waals surface area (Å²) in [6.45, 7) is 15.2. The molecule has 0 bridgehead atoms. The van der Waals surface area contributed by atoms with Crippen molar-refractivity contribution in [2.24, 2.45) is 17.3 Å². The average Bonchev–Trinajstić information content (AvgIpc) is 2.45. The van der Waals surface area contributed by atoms with E-state index in [4.69, 9.17) is 0 Å². The van der Waals surface area contributed by atoms with Gasteiger partial charge in [0.1, 0.15) is 5.72 Å². The van der Waals surface area contributed by atoms with Gasteiger partial charge in [0.2, 0.25) is 0 Å². The Hall–Kier alpha value is -0.760. The van der Waals surface area contributed by atoms with Gasteiger partial charge in [0, 0.05) is 11.6 Å². The summed E-state index contributed by atoms with van der Waals surface area (Å²) in [7, 11) is 0. The molecular weight excluding hydrogens is 234 g/mol. The fraction of sp³-hybridized carbons (Fsp3) is 0.765. The van der Waals surface area contributed by atoms with Crippen molar-refractivity contribution in [1.29, 1.82) is 0 Å². The Balaban J connectivity index is 2.96. The smallest absolute Gasteiger partial charge is 0.139 e. The van der Waals surface area contributed by atoms with Gasteiger partial charge in [-0.15, -0.1) is 0 Å². The van der Waals surface area contributed by atoms with E-state index in [1.165, 1.54) is 5.57 Å². The zero-order valence-electron chi connectivity index (χ0n) is 13.7. The van der Waals surface area contributed by atoms with Crippen LogP contribution < -0.4 is 5.32 Å². The largest absolute Gasteiger partial charge is 0.371 e. The molecule has 110 valence electrons. The molecule has 1 aliphatic heterocycles. The molecule has 0 saturated heterocycles. The predicted molar refractivity (Wildman–Crippen MR) is 82.6 cm³/mol. The molecule has 0 aromatic carbocycles. The minimum absolute atomic E-state index is 0.171. The molecule has 2 nitrogen and oxygen atoms in total. The summed E-state index contributed by atoms with van der Waals surface area (Å²) in [5, 5.41) is 13.9. The van der Waals surface area contributed by atoms with E-state index >= 15 is 0 Å². The summed E-state index contributed by atoms with van der Waals surface area (Å²) in [5.41, 5.74) is 1.83. The summed E-state index contributed by atoms with van der Waals surface area (Å²) >= 11 is 0. The minimum atomic E-state index is -0.822. The van der Waals surface area contributed by atoms with Crippen molar-refractivity contribution in [3.8, 4) is 0 Å². The normalized spacial score (nSPS) is 30.0. The van der Waals surface area contributed by atoms with Crippen molar-refractivity contribution < 1.29 is 5.11 Å². The second-order valence-corrected chi connectivity index (χ2v) is 7.22. The molecule has 1 aliphatic rings. The second-order valence-electron chi connectivity index (χ2n) is 7.22. The van der Waals surface area contributed by atoms with Gasteiger partial charge in [-0.05, 0) is 43.6 Å². The van der Waals surface area contributed by atoms with Gasteiger partial charge in [-0.1, -0.05) is 46.8 Å². The van der Waals surface area contributed by atoms with E-state index in [0.29, 0.717) is 5.92 Å². The number of aliphatic hydroxyl groups is 1. The van der Waals surface area contributed by atoms with Gasteiger partial charge in [0.25, 0.3) is 0 Å². The lowest BCUT2D eigenvalue weighted by Crippen LogP contribution is -2.43. The number of nitrogens with one attached hydrogen (secondary N) is 1. The Bertz CT molecular complexity index is 371. The average molecular weight is 265 g/mol. The molecule has 0 fully saturated rings. The van der Waals surface area contributed by atoms with Gasteiger partial charge in [0.15, 0.2) is 0 Å². The summed E-state index contributed by atoms with van der Waals surface area (Å²) in [4.78, 5) is 0. The highest BCUT2D eigenvalue weighted by Gasteiger charge is 2.41. The third-order valence-corrected chi connectivity index (χ3v) is 4.53. The van der Waals surface area contributed by atoms with Crippen molar-refractivity contribution >= 4 is 0 Å². The molecule has 0 amide bonds. The van der Waals surface area contributed by atoms with Crippen molar-refractivity contribution in [3.05, 3.63) is 23.4 Å². The maximum Gasteiger partial charge on any atom is 0.139 e. The Morgan fingerprint density at radius 2 is 2.00 bits per heavy atom. The maximum atomic E-state index is 10.6. The molecule has 19 heavy (non-hydrogen) atoms. The second kappa shape index (κ2) is 5.70. The molecule has 2 N–H and O–H groups in total. The van der Waals surface area contributed by atoms with Crippen LogP contribution in [0.25, 0.3) is 0 Å². The molecule has 3 atom stereocenters. The quantitative estimate of drug-likeness (QED) is 0.797. The van der Waals surface area contributed by atoms with Crippen molar-refractivity contribution in [2.75, 3.05) is 0 Å². The van der Waals surface area contributed by atoms with Crippen LogP contribution >= 0.6 is 0 Å². The number of hydrogen-bond donors (Lipinski definition) is 2. The molecule has 0 aromatic rings. The predicted octanol–water partition coefficient (Wildman–Crippen LogP) is 4.23. The summed E-state index contributed by atoms with van der Waals surface area (Å²) in [6, 6.07) is 0. The van der Waals surface area contributed by atoms with Crippen molar-refractivity contribution in [2.45, 2.75) is 67.0 Å². The topological polar surface area (TPSA) is 32.3 Å². The fourth-order valence-electron chi connectivity index (χ4n) is 2.65. The molecule has 0 saturated carbocycles. The summed E-state index contributed by atoms with van der Waals surface area (Å²) < 4.78 is 0. The van der Waals surface area contributed by atoms with Gasteiger partial charge >= 0.3 is 0 Å². The lowest BCUT2D eigenvalue weighted by atomic mass is 9.73. The van der Waals surface area contributed by atoms with Crippen LogP contribution in [0.5, 0.6) is 0 Å². The first-order valence-electron chi connectivity index (χ1n) is 7.47. The zero-order valence-corrected chi connectivity index (χ0v) is 13.7. The Labute approximate surface area is 119 Å². The van der Waals surface area contributed by atoms with Crippen LogP contribution in [-0.4, -0.2) is 10.8 Å². The Morgan fingerprint density at radius 3 is 2.47 bits per heavy atom. The van der Waals surface area contributed by atoms with Crippen LogP contribution in [0.15, 0.2) is 23.4 Å².